The molecule has 0 saturated carbocycles. The summed E-state index contributed by atoms with van der Waals surface area (Å²) in [5.74, 6) is -0.959. The van der Waals surface area contributed by atoms with Crippen LogP contribution < -0.4 is 15.4 Å². The predicted molar refractivity (Wildman–Crippen MR) is 108 cm³/mol. The van der Waals surface area contributed by atoms with E-state index in [-0.39, 0.29) is 29.6 Å². The fourth-order valence-corrected chi connectivity index (χ4v) is 3.48. The summed E-state index contributed by atoms with van der Waals surface area (Å²) in [7, 11) is 1.59. The molecule has 28 heavy (non-hydrogen) atoms. The summed E-state index contributed by atoms with van der Waals surface area (Å²) >= 11 is 0. The number of carbonyl (C=O) groups excluding carboxylic acids is 1. The molecule has 3 rings (SSSR count). The third-order valence-electron chi connectivity index (χ3n) is 4.73. The number of benzene rings is 2. The van der Waals surface area contributed by atoms with Crippen LogP contribution in [-0.2, 0) is 16.6 Å². The highest BCUT2D eigenvalue weighted by Gasteiger charge is 2.28. The molecular formula is C21H25ClF2N2O2. The number of carbonyl (C=O) groups is 1. The molecule has 7 heteroatoms. The highest BCUT2D eigenvalue weighted by Crippen LogP contribution is 2.31. The smallest absolute Gasteiger partial charge is 0.246 e. The lowest BCUT2D eigenvalue weighted by molar-refractivity contribution is -0.118. The minimum atomic E-state index is -0.667. The molecule has 2 N–H and O–H groups in total. The first-order valence-electron chi connectivity index (χ1n) is 8.91. The van der Waals surface area contributed by atoms with Gasteiger partial charge in [0, 0.05) is 17.8 Å². The number of amides is 1. The molecule has 2 aromatic carbocycles. The molecule has 0 fully saturated rings. The number of methoxy groups -OCH3 is 1. The average molecular weight is 411 g/mol. The molecular weight excluding hydrogens is 386 g/mol. The predicted octanol–water partition coefficient (Wildman–Crippen LogP) is 4.52. The van der Waals surface area contributed by atoms with Crippen LogP contribution in [-0.4, -0.2) is 19.6 Å². The summed E-state index contributed by atoms with van der Waals surface area (Å²) in [6.07, 6.45) is 0.778. The summed E-state index contributed by atoms with van der Waals surface area (Å²) in [6.45, 7) is 5.85. The number of anilines is 1. The van der Waals surface area contributed by atoms with E-state index in [2.05, 4.69) is 10.6 Å². The van der Waals surface area contributed by atoms with Crippen LogP contribution in [0.25, 0.3) is 0 Å². The normalized spacial score (nSPS) is 16.0. The number of hydrogen-bond donors (Lipinski definition) is 2. The van der Waals surface area contributed by atoms with Gasteiger partial charge in [0.05, 0.1) is 7.11 Å². The zero-order valence-corrected chi connectivity index (χ0v) is 17.2. The molecule has 1 atom stereocenters. The monoisotopic (exact) mass is 410 g/mol. The fourth-order valence-electron chi connectivity index (χ4n) is 3.48. The summed E-state index contributed by atoms with van der Waals surface area (Å²) in [4.78, 5) is 12.7. The molecule has 152 valence electrons. The Kier molecular flexibility index (Phi) is 6.67. The van der Waals surface area contributed by atoms with Crippen LogP contribution >= 0.6 is 12.4 Å². The van der Waals surface area contributed by atoms with Crippen molar-refractivity contribution in [1.29, 1.82) is 0 Å². The Morgan fingerprint density at radius 2 is 1.82 bits per heavy atom. The molecule has 1 unspecified atom stereocenters. The number of ether oxygens (including phenoxy) is 1. The van der Waals surface area contributed by atoms with E-state index < -0.39 is 23.1 Å². The molecule has 2 aromatic rings. The van der Waals surface area contributed by atoms with Crippen molar-refractivity contribution in [3.63, 3.8) is 0 Å². The van der Waals surface area contributed by atoms with Crippen molar-refractivity contribution in [2.45, 2.75) is 38.6 Å². The fraction of sp³-hybridized carbons (Fsp3) is 0.381. The zero-order chi connectivity index (χ0) is 19.8. The molecule has 0 bridgehead atoms. The van der Waals surface area contributed by atoms with E-state index in [0.29, 0.717) is 6.54 Å². The Balaban J connectivity index is 0.00000280. The average Bonchev–Trinajstić information content (AvgIpc) is 2.58. The van der Waals surface area contributed by atoms with Crippen molar-refractivity contribution < 1.29 is 18.3 Å². The highest BCUT2D eigenvalue weighted by molar-refractivity contribution is 5.96. The van der Waals surface area contributed by atoms with Crippen LogP contribution in [0.5, 0.6) is 5.75 Å². The Labute approximate surface area is 170 Å². The van der Waals surface area contributed by atoms with Gasteiger partial charge < -0.3 is 15.4 Å². The van der Waals surface area contributed by atoms with Gasteiger partial charge in [0.15, 0.2) is 0 Å². The minimum Gasteiger partial charge on any atom is -0.497 e. The van der Waals surface area contributed by atoms with Crippen LogP contribution in [0, 0.1) is 11.6 Å². The third kappa shape index (κ3) is 4.45. The maximum absolute atomic E-state index is 14.4. The second-order valence-corrected chi connectivity index (χ2v) is 7.76. The lowest BCUT2D eigenvalue weighted by atomic mass is 9.86. The molecule has 0 saturated heterocycles. The van der Waals surface area contributed by atoms with Crippen LogP contribution in [0.4, 0.5) is 14.5 Å². The van der Waals surface area contributed by atoms with Gasteiger partial charge in [0.1, 0.15) is 23.4 Å². The van der Waals surface area contributed by atoms with Crippen molar-refractivity contribution in [3.05, 3.63) is 58.7 Å². The lowest BCUT2D eigenvalue weighted by Crippen LogP contribution is -2.38. The summed E-state index contributed by atoms with van der Waals surface area (Å²) in [6, 6.07) is 7.29. The molecule has 1 aliphatic rings. The van der Waals surface area contributed by atoms with E-state index >= 15 is 0 Å². The van der Waals surface area contributed by atoms with Crippen molar-refractivity contribution in [1.82, 2.24) is 5.32 Å². The van der Waals surface area contributed by atoms with E-state index in [1.54, 1.807) is 33.9 Å². The second-order valence-electron chi connectivity index (χ2n) is 7.76. The van der Waals surface area contributed by atoms with Crippen molar-refractivity contribution in [2.24, 2.45) is 0 Å². The van der Waals surface area contributed by atoms with Gasteiger partial charge in [-0.25, -0.2) is 8.78 Å². The zero-order valence-electron chi connectivity index (χ0n) is 16.4. The molecule has 1 aliphatic heterocycles. The Morgan fingerprint density at radius 3 is 2.39 bits per heavy atom. The first kappa shape index (κ1) is 22.1. The van der Waals surface area contributed by atoms with Crippen molar-refractivity contribution >= 4 is 24.0 Å². The van der Waals surface area contributed by atoms with Crippen LogP contribution in [0.2, 0.25) is 0 Å². The first-order valence-corrected chi connectivity index (χ1v) is 8.91. The van der Waals surface area contributed by atoms with E-state index in [9.17, 15) is 13.6 Å². The molecule has 0 radical (unpaired) electrons. The SMILES string of the molecule is COc1ccc2c(c1)CCNC2C(=O)Nc1cc(F)c(C(C)(C)C)c(F)c1.Cl. The van der Waals surface area contributed by atoms with E-state index in [0.717, 1.165) is 23.3 Å². The maximum atomic E-state index is 14.4. The van der Waals surface area contributed by atoms with Crippen molar-refractivity contribution in [2.75, 3.05) is 19.0 Å². The highest BCUT2D eigenvalue weighted by atomic mass is 35.5. The molecule has 0 spiro atoms. The van der Waals surface area contributed by atoms with Crippen LogP contribution in [0.3, 0.4) is 0 Å². The van der Waals surface area contributed by atoms with Crippen molar-refractivity contribution in [3.8, 4) is 5.75 Å². The quantitative estimate of drug-likeness (QED) is 0.782. The minimum absolute atomic E-state index is 0. The Hall–Kier alpha value is -2.18. The number of nitrogens with one attached hydrogen (secondary N) is 2. The maximum Gasteiger partial charge on any atom is 0.246 e. The topological polar surface area (TPSA) is 50.4 Å². The largest absolute Gasteiger partial charge is 0.497 e. The number of fused-ring (bicyclic) bond motifs is 1. The van der Waals surface area contributed by atoms with Crippen LogP contribution in [0.15, 0.2) is 30.3 Å². The van der Waals surface area contributed by atoms with E-state index in [1.807, 2.05) is 12.1 Å². The number of halogens is 3. The van der Waals surface area contributed by atoms with Gasteiger partial charge in [-0.3, -0.25) is 4.79 Å². The molecule has 1 heterocycles. The van der Waals surface area contributed by atoms with Gasteiger partial charge in [-0.15, -0.1) is 12.4 Å². The Bertz CT molecular complexity index is 858. The summed E-state index contributed by atoms with van der Waals surface area (Å²) in [5.41, 5.74) is 1.30. The lowest BCUT2D eigenvalue weighted by Gasteiger charge is -2.27. The van der Waals surface area contributed by atoms with E-state index in [4.69, 9.17) is 4.74 Å². The van der Waals surface area contributed by atoms with E-state index in [1.165, 1.54) is 12.1 Å². The standard InChI is InChI=1S/C21H24F2N2O2.ClH/c1-21(2,3)18-16(22)10-13(11-17(18)23)25-20(26)19-15-6-5-14(27-4)9-12(15)7-8-24-19;/h5-6,9-11,19,24H,7-8H2,1-4H3,(H,25,26);1H. The molecule has 0 aliphatic carbocycles. The second kappa shape index (κ2) is 8.45. The van der Waals surface area contributed by atoms with Gasteiger partial charge in [0.25, 0.3) is 0 Å². The number of rotatable bonds is 3. The molecule has 0 aromatic heterocycles. The summed E-state index contributed by atoms with van der Waals surface area (Å²) in [5, 5.41) is 5.79. The van der Waals surface area contributed by atoms with Gasteiger partial charge in [-0.05, 0) is 47.2 Å². The van der Waals surface area contributed by atoms with Gasteiger partial charge in [-0.1, -0.05) is 26.8 Å². The van der Waals surface area contributed by atoms with Gasteiger partial charge in [0.2, 0.25) is 5.91 Å². The third-order valence-corrected chi connectivity index (χ3v) is 4.73. The summed E-state index contributed by atoms with van der Waals surface area (Å²) < 4.78 is 34.0. The van der Waals surface area contributed by atoms with Gasteiger partial charge >= 0.3 is 0 Å². The van der Waals surface area contributed by atoms with Gasteiger partial charge in [-0.2, -0.15) is 0 Å². The number of hydrogen-bond acceptors (Lipinski definition) is 3. The molecule has 1 amide bonds. The van der Waals surface area contributed by atoms with Crippen LogP contribution in [0.1, 0.15) is 43.5 Å². The first-order chi connectivity index (χ1) is 12.7. The molecule has 4 nitrogen and oxygen atoms in total. The Morgan fingerprint density at radius 1 is 1.18 bits per heavy atom.